The van der Waals surface area contributed by atoms with Gasteiger partial charge in [-0.3, -0.25) is 0 Å². The summed E-state index contributed by atoms with van der Waals surface area (Å²) in [5, 5.41) is 9.13. The van der Waals surface area contributed by atoms with Crippen LogP contribution in [0.2, 0.25) is 0 Å². The predicted octanol–water partition coefficient (Wildman–Crippen LogP) is 1.57. The monoisotopic (exact) mass is 389 g/mol. The van der Waals surface area contributed by atoms with Crippen molar-refractivity contribution in [1.29, 1.82) is 0 Å². The van der Waals surface area contributed by atoms with E-state index >= 15 is 0 Å². The number of carbonyl (C=O) groups is 1. The number of benzene rings is 1. The van der Waals surface area contributed by atoms with E-state index in [2.05, 4.69) is 4.72 Å². The van der Waals surface area contributed by atoms with Crippen LogP contribution in [-0.4, -0.2) is 46.0 Å². The summed E-state index contributed by atoms with van der Waals surface area (Å²) in [5.41, 5.74) is 0.451. The maximum absolute atomic E-state index is 12.5. The maximum atomic E-state index is 12.5. The lowest BCUT2D eigenvalue weighted by Gasteiger charge is -2.28. The SMILES string of the molecule is Cc1ccc(S(=O)(=O)NC2CCC(CS(C)(=O)=O)CC2)cc1C(=O)O. The van der Waals surface area contributed by atoms with Crippen molar-refractivity contribution >= 4 is 25.8 Å². The van der Waals surface area contributed by atoms with Crippen molar-refractivity contribution in [2.45, 2.75) is 43.5 Å². The molecule has 0 unspecified atom stereocenters. The molecule has 0 radical (unpaired) electrons. The predicted molar refractivity (Wildman–Crippen MR) is 93.9 cm³/mol. The van der Waals surface area contributed by atoms with Gasteiger partial charge in [0.1, 0.15) is 9.84 Å². The molecule has 1 aliphatic carbocycles. The fourth-order valence-corrected chi connectivity index (χ4v) is 5.68. The largest absolute Gasteiger partial charge is 0.478 e. The molecule has 1 aliphatic rings. The number of aromatic carboxylic acids is 1. The van der Waals surface area contributed by atoms with Crippen molar-refractivity contribution < 1.29 is 26.7 Å². The zero-order chi connectivity index (χ0) is 18.8. The average molecular weight is 389 g/mol. The Bertz CT molecular complexity index is 853. The van der Waals surface area contributed by atoms with Crippen LogP contribution in [0.3, 0.4) is 0 Å². The molecule has 9 heteroatoms. The van der Waals surface area contributed by atoms with Gasteiger partial charge in [-0.05, 0) is 56.2 Å². The van der Waals surface area contributed by atoms with Gasteiger partial charge < -0.3 is 5.11 Å². The number of carboxylic acids is 1. The Hall–Kier alpha value is -1.45. The summed E-state index contributed by atoms with van der Waals surface area (Å²) < 4.78 is 50.3. The highest BCUT2D eigenvalue weighted by atomic mass is 32.2. The molecule has 0 aromatic heterocycles. The van der Waals surface area contributed by atoms with Gasteiger partial charge >= 0.3 is 5.97 Å². The normalized spacial score (nSPS) is 21.8. The molecule has 1 aromatic rings. The molecule has 2 rings (SSSR count). The quantitative estimate of drug-likeness (QED) is 0.763. The van der Waals surface area contributed by atoms with Crippen molar-refractivity contribution in [1.82, 2.24) is 4.72 Å². The highest BCUT2D eigenvalue weighted by Gasteiger charge is 2.27. The number of nitrogens with one attached hydrogen (secondary N) is 1. The van der Waals surface area contributed by atoms with Gasteiger partial charge in [-0.25, -0.2) is 26.4 Å². The first-order valence-electron chi connectivity index (χ1n) is 8.02. The summed E-state index contributed by atoms with van der Waals surface area (Å²) in [6.45, 7) is 1.61. The summed E-state index contributed by atoms with van der Waals surface area (Å²) in [6.07, 6.45) is 3.64. The molecule has 0 heterocycles. The van der Waals surface area contributed by atoms with E-state index < -0.39 is 25.8 Å². The van der Waals surface area contributed by atoms with Crippen LogP contribution >= 0.6 is 0 Å². The lowest BCUT2D eigenvalue weighted by atomic mass is 9.88. The van der Waals surface area contributed by atoms with E-state index in [1.807, 2.05) is 0 Å². The molecule has 0 amide bonds. The topological polar surface area (TPSA) is 118 Å². The Morgan fingerprint density at radius 2 is 1.76 bits per heavy atom. The first kappa shape index (κ1) is 19.9. The Balaban J connectivity index is 2.06. The van der Waals surface area contributed by atoms with E-state index in [0.29, 0.717) is 31.2 Å². The highest BCUT2D eigenvalue weighted by Crippen LogP contribution is 2.27. The van der Waals surface area contributed by atoms with E-state index in [0.717, 1.165) is 6.07 Å². The Morgan fingerprint density at radius 3 is 2.28 bits per heavy atom. The molecule has 0 aliphatic heterocycles. The minimum absolute atomic E-state index is 0.0419. The van der Waals surface area contributed by atoms with E-state index in [9.17, 15) is 21.6 Å². The van der Waals surface area contributed by atoms with Crippen molar-refractivity contribution in [3.63, 3.8) is 0 Å². The van der Waals surface area contributed by atoms with Gasteiger partial charge in [0, 0.05) is 12.3 Å². The second-order valence-corrected chi connectivity index (χ2v) is 10.6. The van der Waals surface area contributed by atoms with Crippen LogP contribution < -0.4 is 4.72 Å². The second-order valence-electron chi connectivity index (χ2n) is 6.71. The first-order valence-corrected chi connectivity index (χ1v) is 11.6. The third-order valence-electron chi connectivity index (χ3n) is 4.46. The highest BCUT2D eigenvalue weighted by molar-refractivity contribution is 7.90. The van der Waals surface area contributed by atoms with Crippen LogP contribution in [0.15, 0.2) is 23.1 Å². The molecular weight excluding hydrogens is 366 g/mol. The average Bonchev–Trinajstić information content (AvgIpc) is 2.47. The standard InChI is InChI=1S/C16H23NO6S2/c1-11-3-8-14(9-15(11)16(18)19)25(22,23)17-13-6-4-12(5-7-13)10-24(2,20)21/h3,8-9,12-13,17H,4-7,10H2,1-2H3,(H,18,19). The van der Waals surface area contributed by atoms with Gasteiger partial charge in [0.2, 0.25) is 10.0 Å². The van der Waals surface area contributed by atoms with Gasteiger partial charge in [-0.1, -0.05) is 6.07 Å². The van der Waals surface area contributed by atoms with Crippen molar-refractivity contribution in [3.05, 3.63) is 29.3 Å². The summed E-state index contributed by atoms with van der Waals surface area (Å²) in [6, 6.07) is 3.76. The molecule has 1 fully saturated rings. The smallest absolute Gasteiger partial charge is 0.335 e. The van der Waals surface area contributed by atoms with Crippen LogP contribution in [0.5, 0.6) is 0 Å². The molecule has 7 nitrogen and oxygen atoms in total. The minimum atomic E-state index is -3.82. The Labute approximate surface area is 148 Å². The number of hydrogen-bond donors (Lipinski definition) is 2. The number of sulfonamides is 1. The summed E-state index contributed by atoms with van der Waals surface area (Å²) in [7, 11) is -6.85. The summed E-state index contributed by atoms with van der Waals surface area (Å²) >= 11 is 0. The molecular formula is C16H23NO6S2. The van der Waals surface area contributed by atoms with E-state index in [-0.39, 0.29) is 28.2 Å². The van der Waals surface area contributed by atoms with Gasteiger partial charge in [-0.15, -0.1) is 0 Å². The van der Waals surface area contributed by atoms with Crippen LogP contribution in [0.4, 0.5) is 0 Å². The first-order chi connectivity index (χ1) is 11.5. The van der Waals surface area contributed by atoms with Crippen molar-refractivity contribution in [2.75, 3.05) is 12.0 Å². The summed E-state index contributed by atoms with van der Waals surface area (Å²) in [5.74, 6) is -0.976. The zero-order valence-electron chi connectivity index (χ0n) is 14.2. The molecule has 140 valence electrons. The summed E-state index contributed by atoms with van der Waals surface area (Å²) in [4.78, 5) is 11.1. The van der Waals surface area contributed by atoms with Crippen LogP contribution in [0.25, 0.3) is 0 Å². The van der Waals surface area contributed by atoms with Crippen LogP contribution in [0.1, 0.15) is 41.6 Å². The second kappa shape index (κ2) is 7.43. The lowest BCUT2D eigenvalue weighted by Crippen LogP contribution is -2.38. The Morgan fingerprint density at radius 1 is 1.16 bits per heavy atom. The number of carboxylic acid groups (broad SMARTS) is 1. The molecule has 0 saturated heterocycles. The third-order valence-corrected chi connectivity index (χ3v) is 7.05. The number of sulfone groups is 1. The number of rotatable bonds is 6. The molecule has 25 heavy (non-hydrogen) atoms. The van der Waals surface area contributed by atoms with Gasteiger partial charge in [0.25, 0.3) is 0 Å². The third kappa shape index (κ3) is 5.52. The lowest BCUT2D eigenvalue weighted by molar-refractivity contribution is 0.0696. The molecule has 0 atom stereocenters. The fraction of sp³-hybridized carbons (Fsp3) is 0.562. The van der Waals surface area contributed by atoms with Gasteiger partial charge in [-0.2, -0.15) is 0 Å². The van der Waals surface area contributed by atoms with Gasteiger partial charge in [0.15, 0.2) is 0 Å². The van der Waals surface area contributed by atoms with Crippen molar-refractivity contribution in [2.24, 2.45) is 5.92 Å². The number of hydrogen-bond acceptors (Lipinski definition) is 5. The molecule has 0 bridgehead atoms. The van der Waals surface area contributed by atoms with Crippen LogP contribution in [0, 0.1) is 12.8 Å². The van der Waals surface area contributed by atoms with Crippen molar-refractivity contribution in [3.8, 4) is 0 Å². The maximum Gasteiger partial charge on any atom is 0.335 e. The van der Waals surface area contributed by atoms with Crippen LogP contribution in [-0.2, 0) is 19.9 Å². The molecule has 2 N–H and O–H groups in total. The van der Waals surface area contributed by atoms with Gasteiger partial charge in [0.05, 0.1) is 16.2 Å². The minimum Gasteiger partial charge on any atom is -0.478 e. The molecule has 0 spiro atoms. The van der Waals surface area contributed by atoms with E-state index in [4.69, 9.17) is 5.11 Å². The number of aryl methyl sites for hydroxylation is 1. The molecule has 1 aromatic carbocycles. The van der Waals surface area contributed by atoms with E-state index in [1.165, 1.54) is 18.4 Å². The Kier molecular flexibility index (Phi) is 5.90. The zero-order valence-corrected chi connectivity index (χ0v) is 15.9. The van der Waals surface area contributed by atoms with E-state index in [1.54, 1.807) is 6.92 Å². The fourth-order valence-electron chi connectivity index (χ4n) is 3.16. The molecule has 1 saturated carbocycles.